The van der Waals surface area contributed by atoms with E-state index in [0.717, 1.165) is 12.2 Å². The minimum absolute atomic E-state index is 0.292. The lowest BCUT2D eigenvalue weighted by Gasteiger charge is -2.28. The van der Waals surface area contributed by atoms with E-state index in [1.54, 1.807) is 0 Å². The van der Waals surface area contributed by atoms with Crippen molar-refractivity contribution >= 4 is 25.7 Å². The van der Waals surface area contributed by atoms with Crippen molar-refractivity contribution in [1.29, 1.82) is 0 Å². The molecule has 4 nitrogen and oxygen atoms in total. The maximum absolute atomic E-state index is 12.1. The number of carbonyl (C=O) groups is 1. The van der Waals surface area contributed by atoms with Crippen LogP contribution in [0.3, 0.4) is 0 Å². The topological polar surface area (TPSA) is 44.8 Å². The molecule has 0 fully saturated rings. The van der Waals surface area contributed by atoms with Gasteiger partial charge in [-0.25, -0.2) is 0 Å². The van der Waals surface area contributed by atoms with Crippen LogP contribution in [0.15, 0.2) is 0 Å². The lowest BCUT2D eigenvalue weighted by atomic mass is 10.1. The Morgan fingerprint density at radius 1 is 0.731 bits per heavy atom. The molecule has 0 atom stereocenters. The standard InChI is InChI=1S/C20H42O4SSi/c1-5-9-10-11-12-13-14-15-16-17-20(21)25-18-19-26(22-6-2,23-7-3)24-8-4/h5-19H2,1-4H3. The Morgan fingerprint density at radius 2 is 1.19 bits per heavy atom. The fraction of sp³-hybridized carbons (Fsp3) is 0.950. The molecule has 0 aliphatic rings. The van der Waals surface area contributed by atoms with Crippen molar-refractivity contribution in [2.45, 2.75) is 97.9 Å². The first-order valence-corrected chi connectivity index (χ1v) is 13.6. The maximum atomic E-state index is 12.1. The first kappa shape index (κ1) is 26.1. The van der Waals surface area contributed by atoms with Gasteiger partial charge in [0.25, 0.3) is 0 Å². The SMILES string of the molecule is CCCCCCCCCCCC(=O)SCC[Si](OCC)(OCC)OCC. The summed E-state index contributed by atoms with van der Waals surface area (Å²) in [4.78, 5) is 12.1. The van der Waals surface area contributed by atoms with Crippen molar-refractivity contribution in [3.63, 3.8) is 0 Å². The Hall–Kier alpha value is 0.117. The number of rotatable bonds is 19. The summed E-state index contributed by atoms with van der Waals surface area (Å²) in [6.07, 6.45) is 12.2. The van der Waals surface area contributed by atoms with Crippen LogP contribution in [0, 0.1) is 0 Å². The largest absolute Gasteiger partial charge is 0.501 e. The van der Waals surface area contributed by atoms with Crippen LogP contribution >= 0.6 is 11.8 Å². The molecule has 0 saturated heterocycles. The Bertz CT molecular complexity index is 312. The highest BCUT2D eigenvalue weighted by Gasteiger charge is 2.39. The van der Waals surface area contributed by atoms with E-state index >= 15 is 0 Å². The van der Waals surface area contributed by atoms with Gasteiger partial charge < -0.3 is 13.3 Å². The molecule has 0 amide bonds. The Balaban J connectivity index is 3.79. The van der Waals surface area contributed by atoms with Crippen molar-refractivity contribution < 1.29 is 18.1 Å². The van der Waals surface area contributed by atoms with Crippen molar-refractivity contribution in [3.8, 4) is 0 Å². The molecule has 0 aromatic rings. The highest BCUT2D eigenvalue weighted by atomic mass is 32.2. The average molecular weight is 407 g/mol. The fourth-order valence-electron chi connectivity index (χ4n) is 2.94. The highest BCUT2D eigenvalue weighted by molar-refractivity contribution is 8.13. The predicted octanol–water partition coefficient (Wildman–Crippen LogP) is 6.22. The zero-order chi connectivity index (χ0) is 19.5. The molecule has 0 spiro atoms. The number of hydrogen-bond donors (Lipinski definition) is 0. The quantitative estimate of drug-likeness (QED) is 0.188. The second kappa shape index (κ2) is 18.5. The number of unbranched alkanes of at least 4 members (excludes halogenated alkanes) is 8. The normalized spacial score (nSPS) is 11.8. The second-order valence-electron chi connectivity index (χ2n) is 6.53. The van der Waals surface area contributed by atoms with Gasteiger partial charge in [-0.1, -0.05) is 70.1 Å². The maximum Gasteiger partial charge on any atom is 0.501 e. The summed E-state index contributed by atoms with van der Waals surface area (Å²) < 4.78 is 17.5. The van der Waals surface area contributed by atoms with Gasteiger partial charge >= 0.3 is 8.80 Å². The number of thioether (sulfide) groups is 1. The first-order chi connectivity index (χ1) is 12.6. The van der Waals surface area contributed by atoms with Gasteiger partial charge in [0.05, 0.1) is 0 Å². The van der Waals surface area contributed by atoms with E-state index in [-0.39, 0.29) is 0 Å². The molecule has 0 bridgehead atoms. The molecule has 0 aliphatic carbocycles. The molecule has 0 aromatic carbocycles. The summed E-state index contributed by atoms with van der Waals surface area (Å²) in [5.74, 6) is 0.725. The van der Waals surface area contributed by atoms with Gasteiger partial charge in [0, 0.05) is 38.0 Å². The molecular formula is C20H42O4SSi. The molecule has 0 heterocycles. The summed E-state index contributed by atoms with van der Waals surface area (Å²) >= 11 is 1.41. The van der Waals surface area contributed by atoms with Crippen LogP contribution in [0.1, 0.15) is 91.9 Å². The first-order valence-electron chi connectivity index (χ1n) is 10.7. The van der Waals surface area contributed by atoms with Crippen LogP contribution in [0.25, 0.3) is 0 Å². The smallest absolute Gasteiger partial charge is 0.374 e. The number of carbonyl (C=O) groups excluding carboxylic acids is 1. The third-order valence-electron chi connectivity index (χ3n) is 4.25. The molecule has 0 radical (unpaired) electrons. The molecule has 26 heavy (non-hydrogen) atoms. The summed E-state index contributed by atoms with van der Waals surface area (Å²) in [5.41, 5.74) is 0. The second-order valence-corrected chi connectivity index (χ2v) is 10.4. The molecule has 0 N–H and O–H groups in total. The lowest BCUT2D eigenvalue weighted by Crippen LogP contribution is -2.46. The summed E-state index contributed by atoms with van der Waals surface area (Å²) in [7, 11) is -2.60. The summed E-state index contributed by atoms with van der Waals surface area (Å²) in [5, 5.41) is 0.292. The molecule has 6 heteroatoms. The van der Waals surface area contributed by atoms with Gasteiger partial charge in [-0.15, -0.1) is 0 Å². The van der Waals surface area contributed by atoms with Crippen LogP contribution in [0.4, 0.5) is 0 Å². The van der Waals surface area contributed by atoms with E-state index in [4.69, 9.17) is 13.3 Å². The van der Waals surface area contributed by atoms with E-state index in [2.05, 4.69) is 6.92 Å². The van der Waals surface area contributed by atoms with E-state index in [1.807, 2.05) is 20.8 Å². The monoisotopic (exact) mass is 406 g/mol. The zero-order valence-electron chi connectivity index (χ0n) is 17.6. The van der Waals surface area contributed by atoms with E-state index in [9.17, 15) is 4.79 Å². The fourth-order valence-corrected chi connectivity index (χ4v) is 6.87. The predicted molar refractivity (Wildman–Crippen MR) is 115 cm³/mol. The van der Waals surface area contributed by atoms with Gasteiger partial charge in [-0.3, -0.25) is 4.79 Å². The Kier molecular flexibility index (Phi) is 18.6. The van der Waals surface area contributed by atoms with Crippen LogP contribution in [0.5, 0.6) is 0 Å². The Morgan fingerprint density at radius 3 is 1.65 bits per heavy atom. The van der Waals surface area contributed by atoms with Crippen LogP contribution in [0.2, 0.25) is 6.04 Å². The van der Waals surface area contributed by atoms with E-state index in [1.165, 1.54) is 63.1 Å². The van der Waals surface area contributed by atoms with Crippen molar-refractivity contribution in [2.75, 3.05) is 25.6 Å². The third-order valence-corrected chi connectivity index (χ3v) is 8.59. The van der Waals surface area contributed by atoms with E-state index in [0.29, 0.717) is 37.4 Å². The van der Waals surface area contributed by atoms with Gasteiger partial charge in [0.15, 0.2) is 5.12 Å². The van der Waals surface area contributed by atoms with Gasteiger partial charge in [0.1, 0.15) is 0 Å². The minimum Gasteiger partial charge on any atom is -0.374 e. The molecule has 156 valence electrons. The van der Waals surface area contributed by atoms with Crippen LogP contribution in [-0.4, -0.2) is 39.5 Å². The zero-order valence-corrected chi connectivity index (χ0v) is 19.5. The summed E-state index contributed by atoms with van der Waals surface area (Å²) in [6, 6.07) is 0.705. The van der Waals surface area contributed by atoms with Crippen molar-refractivity contribution in [2.24, 2.45) is 0 Å². The van der Waals surface area contributed by atoms with Crippen LogP contribution < -0.4 is 0 Å². The highest BCUT2D eigenvalue weighted by Crippen LogP contribution is 2.21. The summed E-state index contributed by atoms with van der Waals surface area (Å²) in [6.45, 7) is 9.89. The third kappa shape index (κ3) is 14.2. The minimum atomic E-state index is -2.60. The lowest BCUT2D eigenvalue weighted by molar-refractivity contribution is -0.111. The molecule has 0 aromatic heterocycles. The Labute approximate surface area is 167 Å². The van der Waals surface area contributed by atoms with Crippen molar-refractivity contribution in [1.82, 2.24) is 0 Å². The van der Waals surface area contributed by atoms with Crippen LogP contribution in [-0.2, 0) is 18.1 Å². The van der Waals surface area contributed by atoms with Gasteiger partial charge in [-0.05, 0) is 27.2 Å². The molecule has 0 saturated carbocycles. The molecular weight excluding hydrogens is 364 g/mol. The van der Waals surface area contributed by atoms with Crippen molar-refractivity contribution in [3.05, 3.63) is 0 Å². The molecule has 0 unspecified atom stereocenters. The molecule has 0 aliphatic heterocycles. The van der Waals surface area contributed by atoms with Gasteiger partial charge in [-0.2, -0.15) is 0 Å². The van der Waals surface area contributed by atoms with E-state index < -0.39 is 8.80 Å². The number of hydrogen-bond acceptors (Lipinski definition) is 5. The average Bonchev–Trinajstić information content (AvgIpc) is 2.61. The van der Waals surface area contributed by atoms with Gasteiger partial charge in [0.2, 0.25) is 0 Å². The molecule has 0 rings (SSSR count).